The van der Waals surface area contributed by atoms with Gasteiger partial charge in [-0.1, -0.05) is 30.3 Å². The highest BCUT2D eigenvalue weighted by atomic mass is 19.3. The molecule has 1 aliphatic rings. The van der Waals surface area contributed by atoms with Crippen LogP contribution in [0.15, 0.2) is 30.3 Å². The van der Waals surface area contributed by atoms with E-state index in [-0.39, 0.29) is 13.2 Å². The lowest BCUT2D eigenvalue weighted by Gasteiger charge is -2.15. The Bertz CT molecular complexity index is 425. The van der Waals surface area contributed by atoms with Crippen molar-refractivity contribution < 1.29 is 18.3 Å². The van der Waals surface area contributed by atoms with Crippen LogP contribution in [0.5, 0.6) is 0 Å². The highest BCUT2D eigenvalue weighted by Gasteiger charge is 2.48. The van der Waals surface area contributed by atoms with Gasteiger partial charge in [0.25, 0.3) is 5.92 Å². The third-order valence-electron chi connectivity index (χ3n) is 2.82. The second-order valence-electron chi connectivity index (χ2n) is 4.29. The maximum atomic E-state index is 13.1. The van der Waals surface area contributed by atoms with Gasteiger partial charge in [0.05, 0.1) is 12.6 Å². The van der Waals surface area contributed by atoms with Crippen molar-refractivity contribution in [3.63, 3.8) is 0 Å². The van der Waals surface area contributed by atoms with Crippen LogP contribution < -0.4 is 5.73 Å². The fourth-order valence-corrected chi connectivity index (χ4v) is 1.76. The lowest BCUT2D eigenvalue weighted by molar-refractivity contribution is -0.00186. The van der Waals surface area contributed by atoms with Gasteiger partial charge in [-0.05, 0) is 5.56 Å². The molecule has 1 aromatic carbocycles. The summed E-state index contributed by atoms with van der Waals surface area (Å²) in [5, 5.41) is 0. The summed E-state index contributed by atoms with van der Waals surface area (Å²) in [6.07, 6.45) is -0.758. The number of ether oxygens (including phenoxy) is 1. The van der Waals surface area contributed by atoms with Gasteiger partial charge in [-0.25, -0.2) is 13.6 Å². The monoisotopic (exact) mass is 256 g/mol. The number of hydrogen-bond donors (Lipinski definition) is 1. The zero-order valence-electron chi connectivity index (χ0n) is 9.68. The van der Waals surface area contributed by atoms with Crippen molar-refractivity contribution in [3.05, 3.63) is 35.9 Å². The van der Waals surface area contributed by atoms with E-state index in [4.69, 9.17) is 10.5 Å². The molecule has 1 aromatic rings. The maximum Gasteiger partial charge on any atom is 0.410 e. The second-order valence-corrected chi connectivity index (χ2v) is 4.29. The van der Waals surface area contributed by atoms with Crippen molar-refractivity contribution >= 4 is 6.09 Å². The van der Waals surface area contributed by atoms with Gasteiger partial charge in [0.2, 0.25) is 0 Å². The van der Waals surface area contributed by atoms with Crippen LogP contribution in [-0.4, -0.2) is 36.0 Å². The molecule has 0 aromatic heterocycles. The first-order chi connectivity index (χ1) is 8.49. The van der Waals surface area contributed by atoms with Crippen LogP contribution in [0.2, 0.25) is 0 Å². The number of amides is 1. The summed E-state index contributed by atoms with van der Waals surface area (Å²) in [6.45, 7) is -0.792. The summed E-state index contributed by atoms with van der Waals surface area (Å²) < 4.78 is 31.2. The number of likely N-dealkylation sites (tertiary alicyclic amines) is 1. The molecule has 0 saturated carbocycles. The van der Waals surface area contributed by atoms with E-state index in [1.807, 2.05) is 18.2 Å². The molecule has 98 valence electrons. The van der Waals surface area contributed by atoms with Gasteiger partial charge in [-0.2, -0.15) is 0 Å². The van der Waals surface area contributed by atoms with Crippen molar-refractivity contribution in [3.8, 4) is 0 Å². The molecule has 0 unspecified atom stereocenters. The van der Waals surface area contributed by atoms with Crippen LogP contribution >= 0.6 is 0 Å². The van der Waals surface area contributed by atoms with E-state index < -0.39 is 24.6 Å². The molecule has 0 radical (unpaired) electrons. The van der Waals surface area contributed by atoms with Gasteiger partial charge in [0.15, 0.2) is 0 Å². The number of carbonyl (C=O) groups excluding carboxylic acids is 1. The predicted molar refractivity (Wildman–Crippen MR) is 61.1 cm³/mol. The Morgan fingerprint density at radius 3 is 2.67 bits per heavy atom. The minimum absolute atomic E-state index is 0.0665. The molecule has 6 heteroatoms. The van der Waals surface area contributed by atoms with Crippen LogP contribution in [-0.2, 0) is 11.3 Å². The van der Waals surface area contributed by atoms with E-state index in [1.165, 1.54) is 0 Å². The number of benzene rings is 1. The third-order valence-corrected chi connectivity index (χ3v) is 2.82. The van der Waals surface area contributed by atoms with E-state index in [2.05, 4.69) is 0 Å². The molecule has 2 N–H and O–H groups in total. The Morgan fingerprint density at radius 1 is 1.44 bits per heavy atom. The number of hydrogen-bond acceptors (Lipinski definition) is 3. The zero-order chi connectivity index (χ0) is 13.2. The first-order valence-electron chi connectivity index (χ1n) is 5.58. The van der Waals surface area contributed by atoms with Crippen LogP contribution in [0.3, 0.4) is 0 Å². The lowest BCUT2D eigenvalue weighted by Crippen LogP contribution is -2.38. The third kappa shape index (κ3) is 2.76. The number of nitrogens with two attached hydrogens (primary N) is 1. The SMILES string of the molecule is N[C@@H]1CN(C(=O)OCc2ccccc2)CC1(F)F. The minimum Gasteiger partial charge on any atom is -0.445 e. The smallest absolute Gasteiger partial charge is 0.410 e. The van der Waals surface area contributed by atoms with Gasteiger partial charge in [-0.3, -0.25) is 0 Å². The summed E-state index contributed by atoms with van der Waals surface area (Å²) in [5.41, 5.74) is 6.06. The van der Waals surface area contributed by atoms with E-state index in [0.29, 0.717) is 0 Å². The van der Waals surface area contributed by atoms with Crippen LogP contribution in [0.25, 0.3) is 0 Å². The zero-order valence-corrected chi connectivity index (χ0v) is 9.68. The van der Waals surface area contributed by atoms with Crippen LogP contribution in [0.1, 0.15) is 5.56 Å². The lowest BCUT2D eigenvalue weighted by atomic mass is 10.2. The molecule has 0 bridgehead atoms. The summed E-state index contributed by atoms with van der Waals surface area (Å²) in [6, 6.07) is 7.72. The number of halogens is 2. The Labute approximate surface area is 103 Å². The van der Waals surface area contributed by atoms with Crippen molar-refractivity contribution in [2.45, 2.75) is 18.6 Å². The summed E-state index contributed by atoms with van der Waals surface area (Å²) >= 11 is 0. The standard InChI is InChI=1S/C12H14F2N2O2/c13-12(14)8-16(6-10(12)15)11(17)18-7-9-4-2-1-3-5-9/h1-5,10H,6-8,15H2/t10-/m1/s1. The van der Waals surface area contributed by atoms with E-state index in [9.17, 15) is 13.6 Å². The topological polar surface area (TPSA) is 55.6 Å². The van der Waals surface area contributed by atoms with Crippen LogP contribution in [0, 0.1) is 0 Å². The Morgan fingerprint density at radius 2 is 2.11 bits per heavy atom. The average molecular weight is 256 g/mol. The second kappa shape index (κ2) is 4.89. The van der Waals surface area contributed by atoms with Gasteiger partial charge in [0.1, 0.15) is 6.61 Å². The fraction of sp³-hybridized carbons (Fsp3) is 0.417. The molecule has 1 fully saturated rings. The molecule has 18 heavy (non-hydrogen) atoms. The highest BCUT2D eigenvalue weighted by molar-refractivity contribution is 5.68. The average Bonchev–Trinajstić information content (AvgIpc) is 2.62. The van der Waals surface area contributed by atoms with Gasteiger partial charge in [0, 0.05) is 6.54 Å². The van der Waals surface area contributed by atoms with E-state index in [1.54, 1.807) is 12.1 Å². The fourth-order valence-electron chi connectivity index (χ4n) is 1.76. The first-order valence-corrected chi connectivity index (χ1v) is 5.58. The van der Waals surface area contributed by atoms with Crippen LogP contribution in [0.4, 0.5) is 13.6 Å². The molecule has 0 spiro atoms. The Hall–Kier alpha value is -1.69. The predicted octanol–water partition coefficient (Wildman–Crippen LogP) is 1.60. The maximum absolute atomic E-state index is 13.1. The molecule has 0 aliphatic carbocycles. The van der Waals surface area contributed by atoms with Gasteiger partial charge >= 0.3 is 6.09 Å². The molecular formula is C12H14F2N2O2. The molecule has 1 saturated heterocycles. The molecule has 2 rings (SSSR count). The van der Waals surface area contributed by atoms with Crippen molar-refractivity contribution in [1.82, 2.24) is 4.90 Å². The normalized spacial score (nSPS) is 21.9. The van der Waals surface area contributed by atoms with Crippen molar-refractivity contribution in [1.29, 1.82) is 0 Å². The first kappa shape index (κ1) is 12.8. The van der Waals surface area contributed by atoms with Crippen molar-refractivity contribution in [2.24, 2.45) is 5.73 Å². The molecule has 4 nitrogen and oxygen atoms in total. The van der Waals surface area contributed by atoms with E-state index in [0.717, 1.165) is 10.5 Å². The van der Waals surface area contributed by atoms with Gasteiger partial charge in [-0.15, -0.1) is 0 Å². The number of carbonyl (C=O) groups is 1. The van der Waals surface area contributed by atoms with E-state index >= 15 is 0 Å². The van der Waals surface area contributed by atoms with Crippen molar-refractivity contribution in [2.75, 3.05) is 13.1 Å². The summed E-state index contributed by atoms with van der Waals surface area (Å²) in [7, 11) is 0. The quantitative estimate of drug-likeness (QED) is 0.874. The molecule has 1 atom stereocenters. The molecule has 1 heterocycles. The highest BCUT2D eigenvalue weighted by Crippen LogP contribution is 2.26. The number of alkyl halides is 2. The summed E-state index contributed by atoms with van der Waals surface area (Å²) in [5.74, 6) is -3.04. The molecule has 1 aliphatic heterocycles. The number of rotatable bonds is 2. The Kier molecular flexibility index (Phi) is 3.47. The largest absolute Gasteiger partial charge is 0.445 e. The molecular weight excluding hydrogens is 242 g/mol. The Balaban J connectivity index is 1.87. The number of nitrogens with zero attached hydrogens (tertiary/aromatic N) is 1. The minimum atomic E-state index is -3.04. The molecule has 1 amide bonds. The summed E-state index contributed by atoms with van der Waals surface area (Å²) in [4.78, 5) is 12.5. The van der Waals surface area contributed by atoms with Gasteiger partial charge < -0.3 is 15.4 Å².